The molecule has 1 atom stereocenters. The van der Waals surface area contributed by atoms with E-state index in [1.54, 1.807) is 11.8 Å². The Labute approximate surface area is 118 Å². The number of nitrogens with one attached hydrogen (secondary N) is 1. The highest BCUT2D eigenvalue weighted by atomic mass is 16.5. The Balaban J connectivity index is 1.98. The minimum Gasteiger partial charge on any atom is -0.483 e. The van der Waals surface area contributed by atoms with Gasteiger partial charge in [-0.1, -0.05) is 12.1 Å². The molecule has 0 aromatic heterocycles. The molecule has 0 aliphatic carbocycles. The standard InChI is InChI=1S/C15H20N2O3/c1-10-4-5-11(2)13(8-10)20-9-14(18)17-7-6-16-15(19)12(17)3/h4-5,8,12H,6-7,9H2,1-3H3,(H,16,19). The highest BCUT2D eigenvalue weighted by molar-refractivity contribution is 5.89. The van der Waals surface area contributed by atoms with Gasteiger partial charge in [-0.2, -0.15) is 0 Å². The molecule has 1 aliphatic rings. The topological polar surface area (TPSA) is 58.6 Å². The summed E-state index contributed by atoms with van der Waals surface area (Å²) in [5.41, 5.74) is 2.08. The first-order chi connectivity index (χ1) is 9.49. The Kier molecular flexibility index (Phi) is 4.27. The van der Waals surface area contributed by atoms with Crippen LogP contribution in [0.15, 0.2) is 18.2 Å². The maximum absolute atomic E-state index is 12.1. The molecule has 5 nitrogen and oxygen atoms in total. The smallest absolute Gasteiger partial charge is 0.261 e. The summed E-state index contributed by atoms with van der Waals surface area (Å²) in [4.78, 5) is 25.2. The number of piperazine rings is 1. The van der Waals surface area contributed by atoms with Crippen LogP contribution in [0.2, 0.25) is 0 Å². The second-order valence-corrected chi connectivity index (χ2v) is 5.11. The molecule has 1 aliphatic heterocycles. The molecule has 1 aromatic rings. The zero-order valence-electron chi connectivity index (χ0n) is 12.1. The van der Waals surface area contributed by atoms with Gasteiger partial charge in [-0.15, -0.1) is 0 Å². The molecule has 20 heavy (non-hydrogen) atoms. The number of nitrogens with zero attached hydrogens (tertiary/aromatic N) is 1. The average Bonchev–Trinajstić information content (AvgIpc) is 2.42. The van der Waals surface area contributed by atoms with E-state index in [9.17, 15) is 9.59 Å². The molecule has 108 valence electrons. The van der Waals surface area contributed by atoms with E-state index in [4.69, 9.17) is 4.74 Å². The Morgan fingerprint density at radius 3 is 2.95 bits per heavy atom. The number of aryl methyl sites for hydroxylation is 2. The first-order valence-electron chi connectivity index (χ1n) is 6.76. The molecule has 0 spiro atoms. The third kappa shape index (κ3) is 3.10. The number of benzene rings is 1. The van der Waals surface area contributed by atoms with Crippen LogP contribution in [0.1, 0.15) is 18.1 Å². The first kappa shape index (κ1) is 14.4. The molecule has 0 saturated carbocycles. The van der Waals surface area contributed by atoms with Gasteiger partial charge in [0.25, 0.3) is 5.91 Å². The van der Waals surface area contributed by atoms with Gasteiger partial charge in [0.05, 0.1) is 0 Å². The van der Waals surface area contributed by atoms with E-state index in [2.05, 4.69) is 5.32 Å². The van der Waals surface area contributed by atoms with E-state index in [0.29, 0.717) is 18.8 Å². The fraction of sp³-hybridized carbons (Fsp3) is 0.467. The van der Waals surface area contributed by atoms with Crippen LogP contribution < -0.4 is 10.1 Å². The Morgan fingerprint density at radius 2 is 2.20 bits per heavy atom. The average molecular weight is 276 g/mol. The minimum atomic E-state index is -0.432. The van der Waals surface area contributed by atoms with Crippen LogP contribution in [0, 0.1) is 13.8 Å². The van der Waals surface area contributed by atoms with Crippen LogP contribution in [-0.2, 0) is 9.59 Å². The van der Waals surface area contributed by atoms with E-state index >= 15 is 0 Å². The molecular weight excluding hydrogens is 256 g/mol. The third-order valence-electron chi connectivity index (χ3n) is 3.51. The van der Waals surface area contributed by atoms with Gasteiger partial charge in [-0.3, -0.25) is 9.59 Å². The Bertz CT molecular complexity index is 528. The summed E-state index contributed by atoms with van der Waals surface area (Å²) in [5, 5.41) is 2.73. The lowest BCUT2D eigenvalue weighted by atomic mass is 10.1. The van der Waals surface area contributed by atoms with Gasteiger partial charge >= 0.3 is 0 Å². The van der Waals surface area contributed by atoms with Gasteiger partial charge in [-0.25, -0.2) is 0 Å². The van der Waals surface area contributed by atoms with Crippen LogP contribution in [0.25, 0.3) is 0 Å². The van der Waals surface area contributed by atoms with E-state index in [0.717, 1.165) is 11.1 Å². The fourth-order valence-corrected chi connectivity index (χ4v) is 2.21. The van der Waals surface area contributed by atoms with Crippen molar-refractivity contribution < 1.29 is 14.3 Å². The molecule has 1 fully saturated rings. The van der Waals surface area contributed by atoms with Crippen molar-refractivity contribution in [1.82, 2.24) is 10.2 Å². The monoisotopic (exact) mass is 276 g/mol. The maximum Gasteiger partial charge on any atom is 0.261 e. The predicted octanol–water partition coefficient (Wildman–Crippen LogP) is 1.03. The van der Waals surface area contributed by atoms with Crippen LogP contribution >= 0.6 is 0 Å². The number of hydrogen-bond donors (Lipinski definition) is 1. The highest BCUT2D eigenvalue weighted by Crippen LogP contribution is 2.19. The molecule has 5 heteroatoms. The molecule has 0 radical (unpaired) electrons. The van der Waals surface area contributed by atoms with Gasteiger partial charge < -0.3 is 15.0 Å². The number of carbonyl (C=O) groups excluding carboxylic acids is 2. The summed E-state index contributed by atoms with van der Waals surface area (Å²) in [6, 6.07) is 5.45. The van der Waals surface area contributed by atoms with Crippen molar-refractivity contribution in [2.24, 2.45) is 0 Å². The van der Waals surface area contributed by atoms with Crippen molar-refractivity contribution in [3.63, 3.8) is 0 Å². The lowest BCUT2D eigenvalue weighted by Gasteiger charge is -2.32. The minimum absolute atomic E-state index is 0.0398. The van der Waals surface area contributed by atoms with E-state index in [1.165, 1.54) is 0 Å². The van der Waals surface area contributed by atoms with E-state index < -0.39 is 6.04 Å². The van der Waals surface area contributed by atoms with Crippen molar-refractivity contribution in [3.05, 3.63) is 29.3 Å². The zero-order chi connectivity index (χ0) is 14.7. The lowest BCUT2D eigenvalue weighted by molar-refractivity contribution is -0.143. The summed E-state index contributed by atoms with van der Waals surface area (Å²) in [6.45, 7) is 6.63. The largest absolute Gasteiger partial charge is 0.483 e. The van der Waals surface area contributed by atoms with Gasteiger partial charge in [0.1, 0.15) is 11.8 Å². The summed E-state index contributed by atoms with van der Waals surface area (Å²) >= 11 is 0. The number of rotatable bonds is 3. The first-order valence-corrected chi connectivity index (χ1v) is 6.76. The number of hydrogen-bond acceptors (Lipinski definition) is 3. The second-order valence-electron chi connectivity index (χ2n) is 5.11. The Morgan fingerprint density at radius 1 is 1.45 bits per heavy atom. The van der Waals surface area contributed by atoms with Crippen LogP contribution in [-0.4, -0.2) is 42.5 Å². The summed E-state index contributed by atoms with van der Waals surface area (Å²) < 4.78 is 5.59. The lowest BCUT2D eigenvalue weighted by Crippen LogP contribution is -2.56. The van der Waals surface area contributed by atoms with Gasteiger partial charge in [0.15, 0.2) is 6.61 Å². The van der Waals surface area contributed by atoms with Crippen LogP contribution in [0.5, 0.6) is 5.75 Å². The van der Waals surface area contributed by atoms with E-state index in [-0.39, 0.29) is 18.4 Å². The molecule has 2 rings (SSSR count). The van der Waals surface area contributed by atoms with Crippen molar-refractivity contribution in [2.45, 2.75) is 26.8 Å². The Hall–Kier alpha value is -2.04. The maximum atomic E-state index is 12.1. The predicted molar refractivity (Wildman–Crippen MR) is 75.6 cm³/mol. The third-order valence-corrected chi connectivity index (χ3v) is 3.51. The number of amides is 2. The van der Waals surface area contributed by atoms with Crippen molar-refractivity contribution in [3.8, 4) is 5.75 Å². The fourth-order valence-electron chi connectivity index (χ4n) is 2.21. The molecule has 0 bridgehead atoms. The molecule has 1 saturated heterocycles. The number of ether oxygens (including phenoxy) is 1. The second kappa shape index (κ2) is 5.94. The molecule has 1 heterocycles. The molecule has 1 N–H and O–H groups in total. The van der Waals surface area contributed by atoms with Crippen molar-refractivity contribution in [2.75, 3.05) is 19.7 Å². The van der Waals surface area contributed by atoms with E-state index in [1.807, 2.05) is 32.0 Å². The summed E-state index contributed by atoms with van der Waals surface area (Å²) in [5.74, 6) is 0.442. The molecular formula is C15H20N2O3. The molecule has 2 amide bonds. The number of carbonyl (C=O) groups is 2. The normalized spacial score (nSPS) is 18.6. The molecule has 1 aromatic carbocycles. The SMILES string of the molecule is Cc1ccc(C)c(OCC(=O)N2CCNC(=O)C2C)c1. The van der Waals surface area contributed by atoms with Crippen LogP contribution in [0.3, 0.4) is 0 Å². The summed E-state index contributed by atoms with van der Waals surface area (Å²) in [7, 11) is 0. The van der Waals surface area contributed by atoms with Gasteiger partial charge in [0, 0.05) is 13.1 Å². The summed E-state index contributed by atoms with van der Waals surface area (Å²) in [6.07, 6.45) is 0. The van der Waals surface area contributed by atoms with Gasteiger partial charge in [-0.05, 0) is 38.0 Å². The van der Waals surface area contributed by atoms with Crippen LogP contribution in [0.4, 0.5) is 0 Å². The van der Waals surface area contributed by atoms with Crippen molar-refractivity contribution in [1.29, 1.82) is 0 Å². The van der Waals surface area contributed by atoms with Gasteiger partial charge in [0.2, 0.25) is 5.91 Å². The van der Waals surface area contributed by atoms with Crippen molar-refractivity contribution >= 4 is 11.8 Å². The highest BCUT2D eigenvalue weighted by Gasteiger charge is 2.29. The quantitative estimate of drug-likeness (QED) is 0.897. The zero-order valence-corrected chi connectivity index (χ0v) is 12.1. The molecule has 1 unspecified atom stereocenters.